The lowest BCUT2D eigenvalue weighted by Crippen LogP contribution is -2.25. The summed E-state index contributed by atoms with van der Waals surface area (Å²) in [5.74, 6) is -0.0726. The van der Waals surface area contributed by atoms with Crippen LogP contribution in [0.5, 0.6) is 0 Å². The van der Waals surface area contributed by atoms with E-state index >= 15 is 0 Å². The van der Waals surface area contributed by atoms with E-state index in [1.54, 1.807) is 54.1 Å². The quantitative estimate of drug-likeness (QED) is 0.664. The van der Waals surface area contributed by atoms with Crippen molar-refractivity contribution in [1.82, 2.24) is 10.3 Å². The lowest BCUT2D eigenvalue weighted by Gasteiger charge is -2.09. The van der Waals surface area contributed by atoms with Crippen LogP contribution in [0.4, 0.5) is 5.69 Å². The van der Waals surface area contributed by atoms with Crippen LogP contribution in [0.3, 0.4) is 0 Å². The van der Waals surface area contributed by atoms with Gasteiger partial charge in [0.1, 0.15) is 5.69 Å². The van der Waals surface area contributed by atoms with Crippen LogP contribution in [0.2, 0.25) is 0 Å². The van der Waals surface area contributed by atoms with Gasteiger partial charge >= 0.3 is 0 Å². The summed E-state index contributed by atoms with van der Waals surface area (Å²) in [6.45, 7) is 3.91. The number of hydrogen-bond donors (Lipinski definition) is 2. The van der Waals surface area contributed by atoms with Gasteiger partial charge in [0.2, 0.25) is 0 Å². The molecule has 0 spiro atoms. The number of amides is 2. The molecule has 25 heavy (non-hydrogen) atoms. The molecule has 0 unspecified atom stereocenters. The van der Waals surface area contributed by atoms with Crippen LogP contribution >= 0.6 is 11.3 Å². The van der Waals surface area contributed by atoms with E-state index in [9.17, 15) is 9.59 Å². The van der Waals surface area contributed by atoms with Gasteiger partial charge in [0.05, 0.1) is 17.5 Å². The minimum absolute atomic E-state index is 0.262. The van der Waals surface area contributed by atoms with Crippen molar-refractivity contribution in [2.75, 3.05) is 11.9 Å². The molecule has 2 N–H and O–H groups in total. The van der Waals surface area contributed by atoms with E-state index < -0.39 is 5.91 Å². The largest absolute Gasteiger partial charge is 0.462 e. The Balaban J connectivity index is 1.77. The molecule has 2 amide bonds. The molecule has 0 aliphatic heterocycles. The zero-order chi connectivity index (χ0) is 17.6. The molecular formula is C18H15N3O3S. The Morgan fingerprint density at radius 1 is 1.20 bits per heavy atom. The normalized spacial score (nSPS) is 10.2. The van der Waals surface area contributed by atoms with Crippen molar-refractivity contribution in [3.05, 3.63) is 72.0 Å². The van der Waals surface area contributed by atoms with Gasteiger partial charge in [0.25, 0.3) is 11.8 Å². The summed E-state index contributed by atoms with van der Waals surface area (Å²) in [6.07, 6.45) is 3.14. The van der Waals surface area contributed by atoms with Crippen LogP contribution in [0.25, 0.3) is 10.8 Å². The molecule has 0 saturated carbocycles. The third kappa shape index (κ3) is 3.84. The van der Waals surface area contributed by atoms with Crippen LogP contribution in [0, 0.1) is 0 Å². The second-order valence-corrected chi connectivity index (χ2v) is 5.87. The van der Waals surface area contributed by atoms with Gasteiger partial charge in [0, 0.05) is 11.9 Å². The smallest absolute Gasteiger partial charge is 0.275 e. The monoisotopic (exact) mass is 353 g/mol. The lowest BCUT2D eigenvalue weighted by atomic mass is 10.1. The minimum Gasteiger partial charge on any atom is -0.462 e. The maximum absolute atomic E-state index is 12.4. The Morgan fingerprint density at radius 2 is 2.04 bits per heavy atom. The van der Waals surface area contributed by atoms with Gasteiger partial charge in [-0.15, -0.1) is 17.9 Å². The van der Waals surface area contributed by atoms with Gasteiger partial charge in [-0.05, 0) is 24.3 Å². The van der Waals surface area contributed by atoms with Gasteiger partial charge in [-0.1, -0.05) is 18.2 Å². The number of carbonyl (C=O) groups is 2. The Morgan fingerprint density at radius 3 is 2.80 bits per heavy atom. The van der Waals surface area contributed by atoms with E-state index in [0.29, 0.717) is 28.6 Å². The van der Waals surface area contributed by atoms with Crippen molar-refractivity contribution in [1.29, 1.82) is 0 Å². The van der Waals surface area contributed by atoms with Crippen molar-refractivity contribution in [3.63, 3.8) is 0 Å². The summed E-state index contributed by atoms with van der Waals surface area (Å²) in [6, 6.07) is 10.3. The first-order valence-electron chi connectivity index (χ1n) is 7.48. The Kier molecular flexibility index (Phi) is 5.06. The van der Waals surface area contributed by atoms with Gasteiger partial charge in [-0.3, -0.25) is 9.59 Å². The van der Waals surface area contributed by atoms with E-state index in [1.807, 2.05) is 0 Å². The molecular weight excluding hydrogens is 338 g/mol. The first-order valence-corrected chi connectivity index (χ1v) is 8.36. The third-order valence-corrected chi connectivity index (χ3v) is 4.15. The van der Waals surface area contributed by atoms with Gasteiger partial charge in [-0.2, -0.15) is 0 Å². The van der Waals surface area contributed by atoms with E-state index in [2.05, 4.69) is 22.2 Å². The molecule has 3 aromatic rings. The molecule has 7 heteroatoms. The molecule has 0 saturated heterocycles. The van der Waals surface area contributed by atoms with Crippen LogP contribution in [0.1, 0.15) is 20.8 Å². The molecule has 1 aromatic carbocycles. The summed E-state index contributed by atoms with van der Waals surface area (Å²) >= 11 is 1.31. The third-order valence-electron chi connectivity index (χ3n) is 3.30. The molecule has 2 aromatic heterocycles. The van der Waals surface area contributed by atoms with Crippen LogP contribution < -0.4 is 10.6 Å². The topological polar surface area (TPSA) is 84.2 Å². The highest BCUT2D eigenvalue weighted by atomic mass is 32.1. The molecule has 3 rings (SSSR count). The second kappa shape index (κ2) is 7.59. The molecule has 0 aliphatic carbocycles. The molecule has 126 valence electrons. The number of nitrogens with zero attached hydrogens (tertiary/aromatic N) is 1. The maximum Gasteiger partial charge on any atom is 0.275 e. The Labute approximate surface area is 148 Å². The summed E-state index contributed by atoms with van der Waals surface area (Å²) in [5.41, 5.74) is 1.05. The fourth-order valence-electron chi connectivity index (χ4n) is 2.13. The number of rotatable bonds is 6. The highest BCUT2D eigenvalue weighted by molar-refractivity contribution is 7.13. The van der Waals surface area contributed by atoms with Crippen molar-refractivity contribution in [3.8, 4) is 10.8 Å². The zero-order valence-corrected chi connectivity index (χ0v) is 14.0. The second-order valence-electron chi connectivity index (χ2n) is 5.01. The molecule has 0 aliphatic rings. The van der Waals surface area contributed by atoms with Crippen molar-refractivity contribution in [2.45, 2.75) is 0 Å². The summed E-state index contributed by atoms with van der Waals surface area (Å²) in [7, 11) is 0. The van der Waals surface area contributed by atoms with Crippen LogP contribution in [0.15, 0.2) is 65.1 Å². The number of aromatic nitrogens is 1. The van der Waals surface area contributed by atoms with Crippen molar-refractivity contribution in [2.24, 2.45) is 0 Å². The lowest BCUT2D eigenvalue weighted by molar-refractivity contribution is 0.0959. The van der Waals surface area contributed by atoms with Crippen LogP contribution in [-0.2, 0) is 0 Å². The zero-order valence-electron chi connectivity index (χ0n) is 13.2. The number of nitrogens with one attached hydrogen (secondary N) is 2. The molecule has 0 atom stereocenters. The maximum atomic E-state index is 12.4. The first kappa shape index (κ1) is 16.7. The van der Waals surface area contributed by atoms with E-state index in [4.69, 9.17) is 4.42 Å². The predicted octanol–water partition coefficient (Wildman–Crippen LogP) is 3.57. The number of thiazole rings is 1. The number of hydrogen-bond acceptors (Lipinski definition) is 5. The molecule has 0 radical (unpaired) electrons. The van der Waals surface area contributed by atoms with E-state index in [0.717, 1.165) is 0 Å². The number of furan rings is 1. The summed E-state index contributed by atoms with van der Waals surface area (Å²) < 4.78 is 5.27. The average molecular weight is 353 g/mol. The summed E-state index contributed by atoms with van der Waals surface area (Å²) in [5, 5.41) is 7.69. The van der Waals surface area contributed by atoms with E-state index in [-0.39, 0.29) is 11.6 Å². The van der Waals surface area contributed by atoms with E-state index in [1.165, 1.54) is 11.3 Å². The van der Waals surface area contributed by atoms with Gasteiger partial charge in [0.15, 0.2) is 10.8 Å². The SMILES string of the molecule is C=CCNC(=O)c1ccccc1NC(=O)c1csc(-c2ccco2)n1. The number of carbonyl (C=O) groups excluding carboxylic acids is 2. The van der Waals surface area contributed by atoms with Gasteiger partial charge < -0.3 is 15.1 Å². The number of benzene rings is 1. The summed E-state index contributed by atoms with van der Waals surface area (Å²) in [4.78, 5) is 28.9. The average Bonchev–Trinajstić information content (AvgIpc) is 3.31. The molecule has 6 nitrogen and oxygen atoms in total. The Bertz CT molecular complexity index is 900. The number of para-hydroxylation sites is 1. The highest BCUT2D eigenvalue weighted by Gasteiger charge is 2.16. The molecule has 2 heterocycles. The standard InChI is InChI=1S/C18H15N3O3S/c1-2-9-19-16(22)12-6-3-4-7-13(12)20-17(23)14-11-25-18(21-14)15-8-5-10-24-15/h2-8,10-11H,1,9H2,(H,19,22)(H,20,23). The highest BCUT2D eigenvalue weighted by Crippen LogP contribution is 2.24. The van der Waals surface area contributed by atoms with Crippen molar-refractivity contribution < 1.29 is 14.0 Å². The van der Waals surface area contributed by atoms with Crippen molar-refractivity contribution >= 4 is 28.8 Å². The first-order chi connectivity index (χ1) is 12.2. The fraction of sp³-hybridized carbons (Fsp3) is 0.0556. The molecule has 0 bridgehead atoms. The molecule has 0 fully saturated rings. The fourth-order valence-corrected chi connectivity index (χ4v) is 2.89. The predicted molar refractivity (Wildman–Crippen MR) is 96.7 cm³/mol. The number of anilines is 1. The van der Waals surface area contributed by atoms with Gasteiger partial charge in [-0.25, -0.2) is 4.98 Å². The Hall–Kier alpha value is -3.19. The van der Waals surface area contributed by atoms with Crippen LogP contribution in [-0.4, -0.2) is 23.3 Å². The minimum atomic E-state index is -0.391.